The first kappa shape index (κ1) is 23.6. The van der Waals surface area contributed by atoms with Crippen LogP contribution in [0.5, 0.6) is 0 Å². The number of nitrogens with zero attached hydrogens (tertiary/aromatic N) is 2. The van der Waals surface area contributed by atoms with E-state index in [4.69, 9.17) is 0 Å². The van der Waals surface area contributed by atoms with Gasteiger partial charge in [-0.1, -0.05) is 60.7 Å². The Kier molecular flexibility index (Phi) is 7.43. The lowest BCUT2D eigenvalue weighted by Crippen LogP contribution is -2.50. The lowest BCUT2D eigenvalue weighted by atomic mass is 9.92. The Morgan fingerprint density at radius 3 is 2.20 bits per heavy atom. The van der Waals surface area contributed by atoms with E-state index < -0.39 is 0 Å². The molecule has 0 unspecified atom stereocenters. The minimum Gasteiger partial charge on any atom is -0.356 e. The monoisotopic (exact) mass is 469 g/mol. The summed E-state index contributed by atoms with van der Waals surface area (Å²) in [5, 5.41) is 5.41. The Labute approximate surface area is 208 Å². The van der Waals surface area contributed by atoms with Crippen LogP contribution in [0.2, 0.25) is 0 Å². The van der Waals surface area contributed by atoms with Gasteiger partial charge in [0.15, 0.2) is 0 Å². The van der Waals surface area contributed by atoms with E-state index in [2.05, 4.69) is 34.5 Å². The van der Waals surface area contributed by atoms with E-state index in [1.807, 2.05) is 53.4 Å². The predicted molar refractivity (Wildman–Crippen MR) is 140 cm³/mol. The first-order valence-corrected chi connectivity index (χ1v) is 13.0. The predicted octanol–water partition coefficient (Wildman–Crippen LogP) is 4.52. The standard InChI is InChI=1S/C30H35N3O2/c34-29(31-17-12-23-6-2-1-3-7-23)25-13-18-32(19-14-25)28-15-20-33(21-16-28)30(35)27-11-10-24-8-4-5-9-26(24)22-27/h1-11,22,25,28H,12-21H2,(H,31,34). The van der Waals surface area contributed by atoms with E-state index >= 15 is 0 Å². The van der Waals surface area contributed by atoms with E-state index in [1.165, 1.54) is 5.56 Å². The second-order valence-electron chi connectivity index (χ2n) is 9.92. The molecule has 0 aliphatic carbocycles. The minimum atomic E-state index is 0.122. The van der Waals surface area contributed by atoms with Gasteiger partial charge in [0.2, 0.25) is 5.91 Å². The third-order valence-corrected chi connectivity index (χ3v) is 7.72. The fraction of sp³-hybridized carbons (Fsp3) is 0.400. The molecule has 0 bridgehead atoms. The van der Waals surface area contributed by atoms with Gasteiger partial charge in [-0.2, -0.15) is 0 Å². The molecule has 182 valence electrons. The highest BCUT2D eigenvalue weighted by Crippen LogP contribution is 2.25. The Morgan fingerprint density at radius 2 is 1.46 bits per heavy atom. The van der Waals surface area contributed by atoms with Gasteiger partial charge in [-0.05, 0) is 73.7 Å². The summed E-state index contributed by atoms with van der Waals surface area (Å²) in [6, 6.07) is 25.0. The van der Waals surface area contributed by atoms with Crippen molar-refractivity contribution in [3.8, 4) is 0 Å². The van der Waals surface area contributed by atoms with Gasteiger partial charge in [0.25, 0.3) is 5.91 Å². The van der Waals surface area contributed by atoms with E-state index in [1.54, 1.807) is 0 Å². The summed E-state index contributed by atoms with van der Waals surface area (Å²) in [4.78, 5) is 30.3. The van der Waals surface area contributed by atoms with Crippen LogP contribution < -0.4 is 5.32 Å². The fourth-order valence-electron chi connectivity index (χ4n) is 5.58. The van der Waals surface area contributed by atoms with Gasteiger partial charge >= 0.3 is 0 Å². The number of nitrogens with one attached hydrogen (secondary N) is 1. The fourth-order valence-corrected chi connectivity index (χ4v) is 5.58. The number of hydrogen-bond acceptors (Lipinski definition) is 3. The number of piperidine rings is 2. The molecule has 3 aromatic carbocycles. The normalized spacial score (nSPS) is 18.0. The highest BCUT2D eigenvalue weighted by atomic mass is 16.2. The second kappa shape index (κ2) is 11.0. The van der Waals surface area contributed by atoms with Crippen molar-refractivity contribution in [2.24, 2.45) is 5.92 Å². The van der Waals surface area contributed by atoms with Crippen LogP contribution in [-0.4, -0.2) is 60.4 Å². The maximum Gasteiger partial charge on any atom is 0.253 e. The molecule has 2 aliphatic rings. The summed E-state index contributed by atoms with van der Waals surface area (Å²) in [5.41, 5.74) is 2.04. The van der Waals surface area contributed by atoms with Gasteiger partial charge < -0.3 is 15.1 Å². The van der Waals surface area contributed by atoms with Crippen LogP contribution in [0, 0.1) is 5.92 Å². The van der Waals surface area contributed by atoms with Gasteiger partial charge in [-0.25, -0.2) is 0 Å². The highest BCUT2D eigenvalue weighted by molar-refractivity contribution is 5.98. The largest absolute Gasteiger partial charge is 0.356 e. The second-order valence-corrected chi connectivity index (χ2v) is 9.92. The molecule has 2 saturated heterocycles. The average Bonchev–Trinajstić information content (AvgIpc) is 2.93. The van der Waals surface area contributed by atoms with Crippen molar-refractivity contribution in [3.05, 3.63) is 83.9 Å². The van der Waals surface area contributed by atoms with E-state index in [-0.39, 0.29) is 17.7 Å². The number of likely N-dealkylation sites (tertiary alicyclic amines) is 2. The Morgan fingerprint density at radius 1 is 0.771 bits per heavy atom. The van der Waals surface area contributed by atoms with E-state index in [0.717, 1.165) is 74.6 Å². The first-order valence-electron chi connectivity index (χ1n) is 13.0. The summed E-state index contributed by atoms with van der Waals surface area (Å²) >= 11 is 0. The molecule has 5 nitrogen and oxygen atoms in total. The van der Waals surface area contributed by atoms with Crippen molar-refractivity contribution in [2.45, 2.75) is 38.1 Å². The van der Waals surface area contributed by atoms with Crippen LogP contribution in [0.15, 0.2) is 72.8 Å². The van der Waals surface area contributed by atoms with Gasteiger partial charge in [0.05, 0.1) is 0 Å². The number of hydrogen-bond donors (Lipinski definition) is 1. The molecule has 0 atom stereocenters. The van der Waals surface area contributed by atoms with Crippen molar-refractivity contribution in [3.63, 3.8) is 0 Å². The molecule has 0 aromatic heterocycles. The zero-order valence-electron chi connectivity index (χ0n) is 20.4. The van der Waals surface area contributed by atoms with Crippen LogP contribution >= 0.6 is 0 Å². The van der Waals surface area contributed by atoms with Gasteiger partial charge in [0.1, 0.15) is 0 Å². The summed E-state index contributed by atoms with van der Waals surface area (Å²) < 4.78 is 0. The van der Waals surface area contributed by atoms with Crippen molar-refractivity contribution < 1.29 is 9.59 Å². The lowest BCUT2D eigenvalue weighted by molar-refractivity contribution is -0.126. The number of rotatable bonds is 6. The number of amides is 2. The van der Waals surface area contributed by atoms with Crippen LogP contribution in [0.25, 0.3) is 10.8 Å². The highest BCUT2D eigenvalue weighted by Gasteiger charge is 2.31. The molecule has 2 heterocycles. The van der Waals surface area contributed by atoms with Crippen molar-refractivity contribution in [2.75, 3.05) is 32.7 Å². The number of carbonyl (C=O) groups excluding carboxylic acids is 2. The maximum atomic E-state index is 13.1. The molecule has 5 heteroatoms. The molecular weight excluding hydrogens is 434 g/mol. The molecule has 2 aliphatic heterocycles. The smallest absolute Gasteiger partial charge is 0.253 e. The maximum absolute atomic E-state index is 13.1. The number of carbonyl (C=O) groups is 2. The Bertz CT molecular complexity index is 1150. The lowest BCUT2D eigenvalue weighted by Gasteiger charge is -2.41. The molecule has 0 radical (unpaired) electrons. The molecule has 35 heavy (non-hydrogen) atoms. The van der Waals surface area contributed by atoms with Crippen LogP contribution in [-0.2, 0) is 11.2 Å². The molecule has 0 spiro atoms. The quantitative estimate of drug-likeness (QED) is 0.578. The van der Waals surface area contributed by atoms with Crippen LogP contribution in [0.1, 0.15) is 41.6 Å². The van der Waals surface area contributed by atoms with Crippen molar-refractivity contribution in [1.29, 1.82) is 0 Å². The Balaban J connectivity index is 1.05. The average molecular weight is 470 g/mol. The van der Waals surface area contributed by atoms with Crippen LogP contribution in [0.3, 0.4) is 0 Å². The van der Waals surface area contributed by atoms with Crippen molar-refractivity contribution in [1.82, 2.24) is 15.1 Å². The molecule has 2 fully saturated rings. The molecular formula is C30H35N3O2. The van der Waals surface area contributed by atoms with E-state index in [0.29, 0.717) is 12.6 Å². The van der Waals surface area contributed by atoms with E-state index in [9.17, 15) is 9.59 Å². The third-order valence-electron chi connectivity index (χ3n) is 7.72. The zero-order chi connectivity index (χ0) is 24.0. The minimum absolute atomic E-state index is 0.122. The summed E-state index contributed by atoms with van der Waals surface area (Å²) in [7, 11) is 0. The summed E-state index contributed by atoms with van der Waals surface area (Å²) in [5.74, 6) is 0.466. The zero-order valence-corrected chi connectivity index (χ0v) is 20.4. The topological polar surface area (TPSA) is 52.7 Å². The summed E-state index contributed by atoms with van der Waals surface area (Å²) in [6.45, 7) is 4.25. The Hall–Kier alpha value is -3.18. The first-order chi connectivity index (χ1) is 17.2. The molecule has 3 aromatic rings. The third kappa shape index (κ3) is 5.73. The van der Waals surface area contributed by atoms with Gasteiger partial charge in [-0.3, -0.25) is 9.59 Å². The number of benzene rings is 3. The van der Waals surface area contributed by atoms with Gasteiger partial charge in [-0.15, -0.1) is 0 Å². The number of fused-ring (bicyclic) bond motifs is 1. The van der Waals surface area contributed by atoms with Gasteiger partial charge in [0, 0.05) is 37.2 Å². The molecule has 2 amide bonds. The summed E-state index contributed by atoms with van der Waals surface area (Å²) in [6.07, 6.45) is 4.74. The van der Waals surface area contributed by atoms with Crippen LogP contribution in [0.4, 0.5) is 0 Å². The molecule has 1 N–H and O–H groups in total. The van der Waals surface area contributed by atoms with Crippen molar-refractivity contribution >= 4 is 22.6 Å². The molecule has 5 rings (SSSR count). The SMILES string of the molecule is O=C(NCCc1ccccc1)C1CCN(C2CCN(C(=O)c3ccc4ccccc4c3)CC2)CC1. The molecule has 0 saturated carbocycles.